The number of aromatic hydroxyl groups is 1. The number of nitrogens with zero attached hydrogens (tertiary/aromatic N) is 1. The zero-order valence-electron chi connectivity index (χ0n) is 15.1. The van der Waals surface area contributed by atoms with Crippen molar-refractivity contribution in [1.82, 2.24) is 4.90 Å². The lowest BCUT2D eigenvalue weighted by Crippen LogP contribution is -2.81. The quantitative estimate of drug-likeness (QED) is 0.846. The smallest absolute Gasteiger partial charge is 0.267 e. The lowest BCUT2D eigenvalue weighted by Gasteiger charge is -2.73. The van der Waals surface area contributed by atoms with Gasteiger partial charge in [0.05, 0.1) is 0 Å². The molecule has 0 aromatic heterocycles. The van der Waals surface area contributed by atoms with E-state index in [1.807, 2.05) is 41.3 Å². The molecule has 2 aliphatic heterocycles. The Morgan fingerprint density at radius 3 is 2.85 bits per heavy atom. The Morgan fingerprint density at radius 2 is 2.00 bits per heavy atom. The second kappa shape index (κ2) is 4.97. The normalized spacial score (nSPS) is 34.6. The molecule has 1 unspecified atom stereocenters. The van der Waals surface area contributed by atoms with Crippen LogP contribution in [-0.2, 0) is 16.6 Å². The van der Waals surface area contributed by atoms with Gasteiger partial charge in [0.2, 0.25) is 6.10 Å². The highest BCUT2D eigenvalue weighted by atomic mass is 16.6. The SMILES string of the molecule is C[C@@]12CC3[C@H]1[C@@H](Cc1ccc(O)cc12)N3C(=O)[C@H]1COc2ccccc2O1. The number of amides is 1. The number of fused-ring (bicyclic) bond motifs is 3. The summed E-state index contributed by atoms with van der Waals surface area (Å²) >= 11 is 0. The molecule has 1 saturated heterocycles. The molecule has 4 aliphatic rings. The number of hydrogen-bond donors (Lipinski definition) is 1. The Hall–Kier alpha value is -2.69. The van der Waals surface area contributed by atoms with Gasteiger partial charge in [0.15, 0.2) is 11.5 Å². The van der Waals surface area contributed by atoms with Crippen LogP contribution in [0, 0.1) is 5.92 Å². The van der Waals surface area contributed by atoms with Crippen molar-refractivity contribution >= 4 is 5.91 Å². The maximum Gasteiger partial charge on any atom is 0.267 e. The summed E-state index contributed by atoms with van der Waals surface area (Å²) in [6, 6.07) is 13.7. The van der Waals surface area contributed by atoms with Gasteiger partial charge in [-0.05, 0) is 48.2 Å². The van der Waals surface area contributed by atoms with Crippen molar-refractivity contribution in [2.45, 2.75) is 43.4 Å². The van der Waals surface area contributed by atoms with E-state index in [1.54, 1.807) is 6.07 Å². The number of piperidine rings is 1. The van der Waals surface area contributed by atoms with Gasteiger partial charge in [-0.25, -0.2) is 0 Å². The first-order valence-corrected chi connectivity index (χ1v) is 9.59. The van der Waals surface area contributed by atoms with Gasteiger partial charge in [0, 0.05) is 23.4 Å². The first-order valence-electron chi connectivity index (χ1n) is 9.59. The number of para-hydroxylation sites is 2. The Labute approximate surface area is 157 Å². The van der Waals surface area contributed by atoms with Crippen LogP contribution in [0.25, 0.3) is 0 Å². The predicted octanol–water partition coefficient (Wildman–Crippen LogP) is 2.65. The standard InChI is InChI=1S/C22H21NO4/c1-22-10-16-20(22)15(8-12-6-7-13(24)9-14(12)22)23(16)21(25)19-11-26-17-4-2-3-5-18(17)27-19/h2-7,9,15-16,19-20,24H,8,10-11H2,1H3/t15-,16?,19-,20-,22+/m1/s1. The minimum absolute atomic E-state index is 0.0417. The third-order valence-electron chi connectivity index (χ3n) is 7.09. The molecule has 1 amide bonds. The zero-order valence-corrected chi connectivity index (χ0v) is 15.1. The summed E-state index contributed by atoms with van der Waals surface area (Å²) in [7, 11) is 0. The Balaban J connectivity index is 1.27. The molecule has 1 N–H and O–H groups in total. The number of benzene rings is 2. The van der Waals surface area contributed by atoms with E-state index >= 15 is 0 Å². The van der Waals surface area contributed by atoms with Crippen LogP contribution in [0.5, 0.6) is 17.2 Å². The molecule has 27 heavy (non-hydrogen) atoms. The lowest BCUT2D eigenvalue weighted by molar-refractivity contribution is -0.201. The molecule has 2 heterocycles. The fraction of sp³-hybridized carbons (Fsp3) is 0.409. The summed E-state index contributed by atoms with van der Waals surface area (Å²) in [5.41, 5.74) is 2.58. The summed E-state index contributed by atoms with van der Waals surface area (Å²) < 4.78 is 11.7. The number of likely N-dealkylation sites (tertiary alicyclic amines) is 1. The number of rotatable bonds is 1. The minimum Gasteiger partial charge on any atom is -0.508 e. The van der Waals surface area contributed by atoms with Crippen LogP contribution in [0.4, 0.5) is 0 Å². The van der Waals surface area contributed by atoms with E-state index in [1.165, 1.54) is 11.1 Å². The van der Waals surface area contributed by atoms with Crippen LogP contribution in [0.15, 0.2) is 42.5 Å². The Bertz CT molecular complexity index is 973. The molecule has 2 aliphatic carbocycles. The molecule has 5 atom stereocenters. The van der Waals surface area contributed by atoms with Gasteiger partial charge in [0.25, 0.3) is 5.91 Å². The maximum absolute atomic E-state index is 13.2. The number of phenols is 1. The van der Waals surface area contributed by atoms with E-state index < -0.39 is 6.10 Å². The van der Waals surface area contributed by atoms with Crippen LogP contribution in [0.2, 0.25) is 0 Å². The van der Waals surface area contributed by atoms with Gasteiger partial charge in [-0.1, -0.05) is 25.1 Å². The second-order valence-electron chi connectivity index (χ2n) is 8.44. The molecule has 5 nitrogen and oxygen atoms in total. The fourth-order valence-electron chi connectivity index (χ4n) is 5.88. The molecule has 6 rings (SSSR count). The largest absolute Gasteiger partial charge is 0.508 e. The van der Waals surface area contributed by atoms with E-state index in [0.29, 0.717) is 23.2 Å². The molecule has 0 bridgehead atoms. The van der Waals surface area contributed by atoms with Gasteiger partial charge < -0.3 is 19.5 Å². The van der Waals surface area contributed by atoms with Crippen molar-refractivity contribution in [3.63, 3.8) is 0 Å². The highest BCUT2D eigenvalue weighted by Crippen LogP contribution is 2.64. The van der Waals surface area contributed by atoms with Crippen LogP contribution >= 0.6 is 0 Å². The van der Waals surface area contributed by atoms with Crippen molar-refractivity contribution in [2.75, 3.05) is 6.61 Å². The van der Waals surface area contributed by atoms with Gasteiger partial charge >= 0.3 is 0 Å². The molecule has 138 valence electrons. The van der Waals surface area contributed by atoms with E-state index in [4.69, 9.17) is 9.47 Å². The average molecular weight is 363 g/mol. The number of hydrogen-bond acceptors (Lipinski definition) is 4. The van der Waals surface area contributed by atoms with Gasteiger partial charge in [-0.3, -0.25) is 4.79 Å². The van der Waals surface area contributed by atoms with Crippen molar-refractivity contribution in [1.29, 1.82) is 0 Å². The highest BCUT2D eigenvalue weighted by Gasteiger charge is 2.69. The molecular formula is C22H21NO4. The monoisotopic (exact) mass is 363 g/mol. The van der Waals surface area contributed by atoms with Crippen LogP contribution < -0.4 is 9.47 Å². The molecule has 1 saturated carbocycles. The summed E-state index contributed by atoms with van der Waals surface area (Å²) in [5, 5.41) is 9.90. The second-order valence-corrected chi connectivity index (χ2v) is 8.44. The topological polar surface area (TPSA) is 59.0 Å². The first-order chi connectivity index (χ1) is 13.1. The number of ether oxygens (including phenoxy) is 2. The van der Waals surface area contributed by atoms with Crippen molar-refractivity contribution in [3.8, 4) is 17.2 Å². The van der Waals surface area contributed by atoms with Gasteiger partial charge in [-0.15, -0.1) is 0 Å². The van der Waals surface area contributed by atoms with Crippen molar-refractivity contribution < 1.29 is 19.4 Å². The van der Waals surface area contributed by atoms with Crippen LogP contribution in [0.1, 0.15) is 24.5 Å². The van der Waals surface area contributed by atoms with Crippen LogP contribution in [-0.4, -0.2) is 40.7 Å². The van der Waals surface area contributed by atoms with E-state index in [0.717, 1.165) is 12.8 Å². The Morgan fingerprint density at radius 1 is 1.19 bits per heavy atom. The third kappa shape index (κ3) is 1.87. The molecule has 0 radical (unpaired) electrons. The predicted molar refractivity (Wildman–Crippen MR) is 98.0 cm³/mol. The number of carbonyl (C=O) groups is 1. The van der Waals surface area contributed by atoms with Crippen molar-refractivity contribution in [3.05, 3.63) is 53.6 Å². The molecule has 2 aromatic rings. The van der Waals surface area contributed by atoms with E-state index in [2.05, 4.69) is 6.92 Å². The molecule has 2 fully saturated rings. The van der Waals surface area contributed by atoms with Gasteiger partial charge in [0.1, 0.15) is 12.4 Å². The maximum atomic E-state index is 13.2. The first kappa shape index (κ1) is 15.4. The van der Waals surface area contributed by atoms with Crippen LogP contribution in [0.3, 0.4) is 0 Å². The van der Waals surface area contributed by atoms with E-state index in [-0.39, 0.29) is 30.0 Å². The number of phenolic OH excluding ortho intramolecular Hbond substituents is 1. The summed E-state index contributed by atoms with van der Waals surface area (Å²) in [4.78, 5) is 15.3. The van der Waals surface area contributed by atoms with Crippen molar-refractivity contribution in [2.24, 2.45) is 5.92 Å². The molecule has 5 heteroatoms. The summed E-state index contributed by atoms with van der Waals surface area (Å²) in [6.45, 7) is 2.54. The van der Waals surface area contributed by atoms with Gasteiger partial charge in [-0.2, -0.15) is 0 Å². The molecular weight excluding hydrogens is 342 g/mol. The Kier molecular flexibility index (Phi) is 2.83. The molecule has 2 aromatic carbocycles. The van der Waals surface area contributed by atoms with E-state index in [9.17, 15) is 9.90 Å². The molecule has 0 spiro atoms. The third-order valence-corrected chi connectivity index (χ3v) is 7.09. The summed E-state index contributed by atoms with van der Waals surface area (Å²) in [6.07, 6.45) is 1.22. The highest BCUT2D eigenvalue weighted by molar-refractivity contribution is 5.84. The summed E-state index contributed by atoms with van der Waals surface area (Å²) in [5.74, 6) is 2.19. The lowest BCUT2D eigenvalue weighted by atomic mass is 9.43. The minimum atomic E-state index is -0.575. The number of carbonyl (C=O) groups excluding carboxylic acids is 1. The zero-order chi connectivity index (χ0) is 18.3. The average Bonchev–Trinajstić information content (AvgIpc) is 2.66. The fourth-order valence-corrected chi connectivity index (χ4v) is 5.88.